The molecule has 0 saturated heterocycles. The molecule has 2 aromatic heterocycles. The van der Waals surface area contributed by atoms with Gasteiger partial charge in [-0.05, 0) is 69.3 Å². The average Bonchev–Trinajstić information content (AvgIpc) is 3.82. The summed E-state index contributed by atoms with van der Waals surface area (Å²) in [6.45, 7) is 0. The maximum absolute atomic E-state index is 2.55. The van der Waals surface area contributed by atoms with Crippen LogP contribution in [0.25, 0.3) is 103 Å². The lowest BCUT2D eigenvalue weighted by Crippen LogP contribution is -2.00. The van der Waals surface area contributed by atoms with Gasteiger partial charge in [-0.25, -0.2) is 0 Å². The summed E-state index contributed by atoms with van der Waals surface area (Å²) in [5.74, 6) is 0. The first-order chi connectivity index (χ1) is 27.8. The van der Waals surface area contributed by atoms with E-state index in [1.165, 1.54) is 97.6 Å². The second kappa shape index (κ2) is 13.4. The highest BCUT2D eigenvalue weighted by atomic mass is 32.1. The van der Waals surface area contributed by atoms with Crippen LogP contribution in [0.15, 0.2) is 212 Å². The van der Waals surface area contributed by atoms with Gasteiger partial charge >= 0.3 is 0 Å². The number of thiophene rings is 1. The molecule has 0 fully saturated rings. The topological polar surface area (TPSA) is 4.93 Å². The first kappa shape index (κ1) is 32.4. The summed E-state index contributed by atoms with van der Waals surface area (Å²) in [6, 6.07) is 77.8. The molecule has 11 rings (SSSR count). The fourth-order valence-corrected chi connectivity index (χ4v) is 9.91. The van der Waals surface area contributed by atoms with E-state index in [1.807, 2.05) is 11.3 Å². The van der Waals surface area contributed by atoms with Crippen LogP contribution < -0.4 is 0 Å². The largest absolute Gasteiger partial charge is 0.309 e. The fraction of sp³-hybridized carbons (Fsp3) is 0. The van der Waals surface area contributed by atoms with Crippen molar-refractivity contribution in [3.05, 3.63) is 212 Å². The number of rotatable bonds is 6. The summed E-state index contributed by atoms with van der Waals surface area (Å²) in [4.78, 5) is 0. The minimum atomic E-state index is 1.15. The number of hydrogen-bond donors (Lipinski definition) is 0. The third-order valence-electron chi connectivity index (χ3n) is 11.2. The lowest BCUT2D eigenvalue weighted by atomic mass is 9.80. The van der Waals surface area contributed by atoms with Gasteiger partial charge in [-0.1, -0.05) is 182 Å². The van der Waals surface area contributed by atoms with Crippen molar-refractivity contribution in [2.24, 2.45) is 0 Å². The van der Waals surface area contributed by atoms with Crippen LogP contribution in [0.4, 0.5) is 0 Å². The Bertz CT molecular complexity index is 3200. The summed E-state index contributed by atoms with van der Waals surface area (Å²) >= 11 is 1.87. The van der Waals surface area contributed by atoms with Crippen LogP contribution in [-0.2, 0) is 0 Å². The number of nitrogens with zero attached hydrogens (tertiary/aromatic N) is 1. The molecule has 0 radical (unpaired) electrons. The maximum atomic E-state index is 2.55. The Morgan fingerprint density at radius 3 is 1.39 bits per heavy atom. The van der Waals surface area contributed by atoms with Crippen molar-refractivity contribution in [2.75, 3.05) is 0 Å². The number of aromatic nitrogens is 1. The van der Waals surface area contributed by atoms with Crippen molar-refractivity contribution in [1.82, 2.24) is 4.57 Å². The Balaban J connectivity index is 1.42. The van der Waals surface area contributed by atoms with Gasteiger partial charge in [-0.2, -0.15) is 0 Å². The van der Waals surface area contributed by atoms with E-state index in [0.29, 0.717) is 0 Å². The van der Waals surface area contributed by atoms with Gasteiger partial charge in [-0.3, -0.25) is 0 Å². The molecule has 0 aliphatic carbocycles. The highest BCUT2D eigenvalue weighted by Gasteiger charge is 2.29. The first-order valence-electron chi connectivity index (χ1n) is 19.2. The molecule has 0 unspecified atom stereocenters. The molecule has 9 aromatic carbocycles. The van der Waals surface area contributed by atoms with Gasteiger partial charge in [0.2, 0.25) is 0 Å². The van der Waals surface area contributed by atoms with E-state index in [2.05, 4.69) is 217 Å². The molecule has 56 heavy (non-hydrogen) atoms. The van der Waals surface area contributed by atoms with Gasteiger partial charge in [0.15, 0.2) is 0 Å². The summed E-state index contributed by atoms with van der Waals surface area (Å²) < 4.78 is 5.15. The second-order valence-electron chi connectivity index (χ2n) is 14.4. The van der Waals surface area contributed by atoms with Gasteiger partial charge in [0.05, 0.1) is 11.0 Å². The van der Waals surface area contributed by atoms with E-state index in [0.717, 1.165) is 5.69 Å². The van der Waals surface area contributed by atoms with Crippen molar-refractivity contribution in [1.29, 1.82) is 0 Å². The smallest absolute Gasteiger partial charge is 0.0632 e. The zero-order valence-corrected chi connectivity index (χ0v) is 31.4. The third kappa shape index (κ3) is 5.22. The van der Waals surface area contributed by atoms with E-state index < -0.39 is 0 Å². The predicted octanol–water partition coefficient (Wildman–Crippen LogP) is 15.5. The molecule has 0 saturated carbocycles. The SMILES string of the molecule is c1ccc(-c2ccc3c(c2)c2c(-c4ccccc4)c(-c4ccccc4)c(-c4ccccc4)c(-c4ccccc4)c2n3-c2ccc3c(c2)sc2ccccc23)cc1. The average molecular weight is 730 g/mol. The molecular weight excluding hydrogens is 695 g/mol. The molecule has 0 N–H and O–H groups in total. The standard InChI is InChI=1S/C54H35NS/c1-6-18-36(19-7-1)41-30-33-46-45(34-41)53-51(39-24-12-4-13-25-39)49(37-20-8-2-9-21-37)50(38-22-10-3-11-23-38)52(40-26-14-5-15-27-40)54(53)55(46)42-31-32-44-43-28-16-17-29-47(43)56-48(44)35-42/h1-35H. The summed E-state index contributed by atoms with van der Waals surface area (Å²) in [7, 11) is 0. The van der Waals surface area contributed by atoms with Crippen LogP contribution >= 0.6 is 11.3 Å². The Morgan fingerprint density at radius 2 is 0.786 bits per heavy atom. The minimum absolute atomic E-state index is 1.15. The monoisotopic (exact) mass is 729 g/mol. The van der Waals surface area contributed by atoms with Gasteiger partial charge in [-0.15, -0.1) is 11.3 Å². The number of hydrogen-bond acceptors (Lipinski definition) is 1. The van der Waals surface area contributed by atoms with Crippen LogP contribution in [0.5, 0.6) is 0 Å². The molecule has 0 spiro atoms. The van der Waals surface area contributed by atoms with Crippen LogP contribution in [0, 0.1) is 0 Å². The molecule has 11 aromatic rings. The van der Waals surface area contributed by atoms with Crippen molar-refractivity contribution in [2.45, 2.75) is 0 Å². The van der Waals surface area contributed by atoms with E-state index >= 15 is 0 Å². The van der Waals surface area contributed by atoms with Crippen molar-refractivity contribution in [3.8, 4) is 61.3 Å². The van der Waals surface area contributed by atoms with Crippen LogP contribution in [-0.4, -0.2) is 4.57 Å². The van der Waals surface area contributed by atoms with Crippen LogP contribution in [0.3, 0.4) is 0 Å². The van der Waals surface area contributed by atoms with Gasteiger partial charge in [0.25, 0.3) is 0 Å². The van der Waals surface area contributed by atoms with Crippen molar-refractivity contribution in [3.63, 3.8) is 0 Å². The van der Waals surface area contributed by atoms with Crippen molar-refractivity contribution < 1.29 is 0 Å². The summed E-state index contributed by atoms with van der Waals surface area (Å²) in [5.41, 5.74) is 15.6. The Hall–Kier alpha value is -7.00. The Kier molecular flexibility index (Phi) is 7.75. The normalized spacial score (nSPS) is 11.6. The Morgan fingerprint density at radius 1 is 0.304 bits per heavy atom. The molecule has 0 aliphatic rings. The lowest BCUT2D eigenvalue weighted by Gasteiger charge is -2.24. The fourth-order valence-electron chi connectivity index (χ4n) is 8.77. The van der Waals surface area contributed by atoms with E-state index in [1.54, 1.807) is 0 Å². The second-order valence-corrected chi connectivity index (χ2v) is 15.5. The zero-order valence-electron chi connectivity index (χ0n) is 30.6. The van der Waals surface area contributed by atoms with E-state index in [4.69, 9.17) is 0 Å². The molecule has 0 atom stereocenters. The molecule has 262 valence electrons. The zero-order chi connectivity index (χ0) is 37.0. The van der Waals surface area contributed by atoms with E-state index in [9.17, 15) is 0 Å². The quantitative estimate of drug-likeness (QED) is 0.161. The number of fused-ring (bicyclic) bond motifs is 6. The van der Waals surface area contributed by atoms with E-state index in [-0.39, 0.29) is 0 Å². The Labute approximate surface area is 330 Å². The third-order valence-corrected chi connectivity index (χ3v) is 12.3. The molecule has 2 heteroatoms. The maximum Gasteiger partial charge on any atom is 0.0632 e. The van der Waals surface area contributed by atoms with Crippen LogP contribution in [0.2, 0.25) is 0 Å². The molecule has 0 amide bonds. The molecular formula is C54H35NS. The minimum Gasteiger partial charge on any atom is -0.309 e. The molecule has 0 aliphatic heterocycles. The summed E-state index contributed by atoms with van der Waals surface area (Å²) in [6.07, 6.45) is 0. The molecule has 1 nitrogen and oxygen atoms in total. The van der Waals surface area contributed by atoms with Crippen molar-refractivity contribution >= 4 is 53.3 Å². The summed E-state index contributed by atoms with van der Waals surface area (Å²) in [5, 5.41) is 5.08. The molecule has 0 bridgehead atoms. The predicted molar refractivity (Wildman–Crippen MR) is 241 cm³/mol. The molecule has 2 heterocycles. The first-order valence-corrected chi connectivity index (χ1v) is 20.0. The lowest BCUT2D eigenvalue weighted by molar-refractivity contribution is 1.19. The van der Waals surface area contributed by atoms with Crippen LogP contribution in [0.1, 0.15) is 0 Å². The number of benzene rings is 9. The van der Waals surface area contributed by atoms with Gasteiger partial charge in [0, 0.05) is 53.3 Å². The highest BCUT2D eigenvalue weighted by Crippen LogP contribution is 2.54. The van der Waals surface area contributed by atoms with Gasteiger partial charge < -0.3 is 4.57 Å². The highest BCUT2D eigenvalue weighted by molar-refractivity contribution is 7.25. The van der Waals surface area contributed by atoms with Gasteiger partial charge in [0.1, 0.15) is 0 Å².